The van der Waals surface area contributed by atoms with Crippen molar-refractivity contribution in [3.8, 4) is 0 Å². The fourth-order valence-electron chi connectivity index (χ4n) is 1.42. The average molecular weight is 181 g/mol. The average Bonchev–Trinajstić information content (AvgIpc) is 2.51. The maximum absolute atomic E-state index is 11.3. The summed E-state index contributed by atoms with van der Waals surface area (Å²) in [7, 11) is 0. The molecule has 0 radical (unpaired) electrons. The summed E-state index contributed by atoms with van der Waals surface area (Å²) in [6.45, 7) is 0. The number of nitrogens with zero attached hydrogens (tertiary/aromatic N) is 2. The van der Waals surface area contributed by atoms with E-state index in [4.69, 9.17) is 5.11 Å². The van der Waals surface area contributed by atoms with Crippen LogP contribution in [0.5, 0.6) is 0 Å². The highest BCUT2D eigenvalue weighted by molar-refractivity contribution is 5.98. The van der Waals surface area contributed by atoms with Gasteiger partial charge < -0.3 is 5.11 Å². The Labute approximate surface area is 73.0 Å². The Morgan fingerprint density at radius 1 is 1.46 bits per heavy atom. The minimum Gasteiger partial charge on any atom is -0.481 e. The van der Waals surface area contributed by atoms with E-state index in [-0.39, 0.29) is 24.3 Å². The molecule has 1 unspecified atom stereocenters. The lowest BCUT2D eigenvalue weighted by molar-refractivity contribution is -0.141. The molecule has 1 aromatic rings. The molecule has 6 nitrogen and oxygen atoms in total. The van der Waals surface area contributed by atoms with Crippen molar-refractivity contribution < 1.29 is 14.7 Å². The van der Waals surface area contributed by atoms with Crippen molar-refractivity contribution in [2.45, 2.75) is 12.8 Å². The van der Waals surface area contributed by atoms with Crippen LogP contribution < -0.4 is 0 Å². The summed E-state index contributed by atoms with van der Waals surface area (Å²) in [6.07, 6.45) is 0.307. The van der Waals surface area contributed by atoms with Crippen molar-refractivity contribution in [3.05, 3.63) is 11.4 Å². The largest absolute Gasteiger partial charge is 0.481 e. The number of nitrogens with one attached hydrogen (secondary N) is 1. The molecule has 0 saturated carbocycles. The summed E-state index contributed by atoms with van der Waals surface area (Å²) in [5.41, 5.74) is 0.751. The third-order valence-electron chi connectivity index (χ3n) is 2.11. The Morgan fingerprint density at radius 3 is 2.92 bits per heavy atom. The number of fused-ring (bicyclic) bond motifs is 1. The molecule has 68 valence electrons. The standard InChI is InChI=1S/C7H7N3O3/c11-5-2-3(7(12)13)1-4-6(5)9-10-8-4/h3H,1-2H2,(H,12,13)(H,8,9,10). The number of ketones is 1. The van der Waals surface area contributed by atoms with E-state index >= 15 is 0 Å². The molecule has 0 amide bonds. The van der Waals surface area contributed by atoms with E-state index in [9.17, 15) is 9.59 Å². The molecule has 0 aromatic carbocycles. The van der Waals surface area contributed by atoms with Crippen LogP contribution in [0, 0.1) is 5.92 Å². The van der Waals surface area contributed by atoms with Gasteiger partial charge in [0.25, 0.3) is 0 Å². The highest BCUT2D eigenvalue weighted by Crippen LogP contribution is 2.22. The molecule has 1 heterocycles. The lowest BCUT2D eigenvalue weighted by Gasteiger charge is -2.14. The Hall–Kier alpha value is -1.72. The van der Waals surface area contributed by atoms with Gasteiger partial charge in [0.15, 0.2) is 11.5 Å². The van der Waals surface area contributed by atoms with Crippen molar-refractivity contribution >= 4 is 11.8 Å². The van der Waals surface area contributed by atoms with Crippen LogP contribution in [-0.4, -0.2) is 32.3 Å². The normalized spacial score (nSPS) is 21.2. The summed E-state index contributed by atoms with van der Waals surface area (Å²) < 4.78 is 0. The monoisotopic (exact) mass is 181 g/mol. The highest BCUT2D eigenvalue weighted by atomic mass is 16.4. The number of aromatic nitrogens is 3. The molecule has 6 heteroatoms. The van der Waals surface area contributed by atoms with E-state index in [1.165, 1.54) is 0 Å². The number of Topliss-reactive ketones (excluding diaryl/α,β-unsaturated/α-hetero) is 1. The van der Waals surface area contributed by atoms with E-state index in [1.807, 2.05) is 0 Å². The number of carboxylic acid groups (broad SMARTS) is 1. The predicted octanol–water partition coefficient (Wildman–Crippen LogP) is -0.366. The first-order valence-corrected chi connectivity index (χ1v) is 3.84. The number of aromatic amines is 1. The molecule has 1 aliphatic carbocycles. The molecule has 13 heavy (non-hydrogen) atoms. The van der Waals surface area contributed by atoms with Crippen LogP contribution in [0.25, 0.3) is 0 Å². The van der Waals surface area contributed by atoms with E-state index < -0.39 is 11.9 Å². The summed E-state index contributed by atoms with van der Waals surface area (Å²) in [5, 5.41) is 18.4. The third kappa shape index (κ3) is 1.20. The van der Waals surface area contributed by atoms with Gasteiger partial charge in [-0.2, -0.15) is 15.4 Å². The number of rotatable bonds is 1. The van der Waals surface area contributed by atoms with E-state index in [0.717, 1.165) is 0 Å². The smallest absolute Gasteiger partial charge is 0.307 e. The van der Waals surface area contributed by atoms with E-state index in [0.29, 0.717) is 5.69 Å². The lowest BCUT2D eigenvalue weighted by atomic mass is 9.89. The Kier molecular flexibility index (Phi) is 1.61. The summed E-state index contributed by atoms with van der Waals surface area (Å²) in [6, 6.07) is 0. The van der Waals surface area contributed by atoms with Crippen LogP contribution in [0.1, 0.15) is 22.6 Å². The SMILES string of the molecule is O=C1CC(C(=O)O)Cc2n[nH]nc21. The Bertz CT molecular complexity index is 371. The molecule has 0 bridgehead atoms. The first-order valence-electron chi connectivity index (χ1n) is 3.84. The van der Waals surface area contributed by atoms with Crippen molar-refractivity contribution in [1.82, 2.24) is 15.4 Å². The maximum atomic E-state index is 11.3. The molecule has 0 fully saturated rings. The molecular formula is C7H7N3O3. The zero-order valence-corrected chi connectivity index (χ0v) is 6.65. The molecule has 0 saturated heterocycles. The maximum Gasteiger partial charge on any atom is 0.307 e. The van der Waals surface area contributed by atoms with Crippen LogP contribution in [0.2, 0.25) is 0 Å². The van der Waals surface area contributed by atoms with E-state index in [1.54, 1.807) is 0 Å². The molecule has 0 spiro atoms. The fourth-order valence-corrected chi connectivity index (χ4v) is 1.42. The van der Waals surface area contributed by atoms with Crippen LogP contribution in [0.4, 0.5) is 0 Å². The van der Waals surface area contributed by atoms with Crippen LogP contribution in [-0.2, 0) is 11.2 Å². The number of carboxylic acids is 1. The number of carbonyl (C=O) groups is 2. The van der Waals surface area contributed by atoms with Gasteiger partial charge in [-0.05, 0) is 0 Å². The molecule has 1 atom stereocenters. The first kappa shape index (κ1) is 7.90. The fraction of sp³-hybridized carbons (Fsp3) is 0.429. The molecule has 2 rings (SSSR count). The second-order valence-electron chi connectivity index (χ2n) is 2.99. The van der Waals surface area contributed by atoms with E-state index in [2.05, 4.69) is 15.4 Å². The first-order chi connectivity index (χ1) is 6.18. The van der Waals surface area contributed by atoms with Crippen LogP contribution >= 0.6 is 0 Å². The van der Waals surface area contributed by atoms with Crippen molar-refractivity contribution in [2.75, 3.05) is 0 Å². The van der Waals surface area contributed by atoms with Gasteiger partial charge in [0.1, 0.15) is 0 Å². The van der Waals surface area contributed by atoms with Crippen molar-refractivity contribution in [2.24, 2.45) is 5.92 Å². The second-order valence-corrected chi connectivity index (χ2v) is 2.99. The van der Waals surface area contributed by atoms with Gasteiger partial charge in [-0.15, -0.1) is 0 Å². The van der Waals surface area contributed by atoms with Gasteiger partial charge in [0.05, 0.1) is 11.6 Å². The Balaban J connectivity index is 2.34. The summed E-state index contributed by atoms with van der Waals surface area (Å²) >= 11 is 0. The van der Waals surface area contributed by atoms with Gasteiger partial charge >= 0.3 is 5.97 Å². The lowest BCUT2D eigenvalue weighted by Crippen LogP contribution is -2.26. The number of aliphatic carboxylic acids is 1. The Morgan fingerprint density at radius 2 is 2.23 bits per heavy atom. The van der Waals surface area contributed by atoms with Gasteiger partial charge in [0.2, 0.25) is 0 Å². The van der Waals surface area contributed by atoms with Crippen molar-refractivity contribution in [1.29, 1.82) is 0 Å². The molecule has 1 aromatic heterocycles. The van der Waals surface area contributed by atoms with Crippen molar-refractivity contribution in [3.63, 3.8) is 0 Å². The number of carbonyl (C=O) groups excluding carboxylic acids is 1. The summed E-state index contributed by atoms with van der Waals surface area (Å²) in [4.78, 5) is 21.9. The highest BCUT2D eigenvalue weighted by Gasteiger charge is 2.32. The van der Waals surface area contributed by atoms with Gasteiger partial charge in [-0.3, -0.25) is 9.59 Å². The minimum absolute atomic E-state index is 0.0227. The van der Waals surface area contributed by atoms with Gasteiger partial charge in [0, 0.05) is 12.8 Å². The number of hydrogen-bond acceptors (Lipinski definition) is 4. The molecular weight excluding hydrogens is 174 g/mol. The molecule has 2 N–H and O–H groups in total. The third-order valence-corrected chi connectivity index (χ3v) is 2.11. The van der Waals surface area contributed by atoms with Crippen LogP contribution in [0.15, 0.2) is 0 Å². The molecule has 1 aliphatic rings. The predicted molar refractivity (Wildman–Crippen MR) is 40.2 cm³/mol. The van der Waals surface area contributed by atoms with Gasteiger partial charge in [-0.1, -0.05) is 0 Å². The topological polar surface area (TPSA) is 95.9 Å². The quantitative estimate of drug-likeness (QED) is 0.616. The zero-order valence-electron chi connectivity index (χ0n) is 6.65. The molecule has 0 aliphatic heterocycles. The van der Waals surface area contributed by atoms with Crippen LogP contribution in [0.3, 0.4) is 0 Å². The second kappa shape index (κ2) is 2.65. The zero-order chi connectivity index (χ0) is 9.42. The van der Waals surface area contributed by atoms with Gasteiger partial charge in [-0.25, -0.2) is 0 Å². The number of hydrogen-bond donors (Lipinski definition) is 2. The number of H-pyrrole nitrogens is 1. The summed E-state index contributed by atoms with van der Waals surface area (Å²) in [5.74, 6) is -1.85. The minimum atomic E-state index is -0.956.